The van der Waals surface area contributed by atoms with Crippen molar-refractivity contribution in [2.75, 3.05) is 30.5 Å². The first-order chi connectivity index (χ1) is 15.0. The summed E-state index contributed by atoms with van der Waals surface area (Å²) in [5.74, 6) is 0.432. The molecule has 2 aliphatic heterocycles. The van der Waals surface area contributed by atoms with Crippen LogP contribution in [-0.2, 0) is 11.3 Å². The predicted octanol–water partition coefficient (Wildman–Crippen LogP) is 4.95. The number of halogens is 2. The number of nitrogens with zero attached hydrogens (tertiary/aromatic N) is 2. The molecule has 1 saturated carbocycles. The van der Waals surface area contributed by atoms with Gasteiger partial charge in [-0.1, -0.05) is 11.6 Å². The van der Waals surface area contributed by atoms with Gasteiger partial charge in [-0.15, -0.1) is 0 Å². The number of hydrogen-bond donors (Lipinski definition) is 1. The van der Waals surface area contributed by atoms with Crippen LogP contribution in [0.4, 0.5) is 15.8 Å². The number of aromatic nitrogens is 1. The first-order valence-electron chi connectivity index (χ1n) is 10.4. The molecule has 160 valence electrons. The molecule has 3 aromatic rings. The summed E-state index contributed by atoms with van der Waals surface area (Å²) in [5, 5.41) is 4.64. The van der Waals surface area contributed by atoms with E-state index < -0.39 is 11.8 Å². The smallest absolute Gasteiger partial charge is 0.338 e. The van der Waals surface area contributed by atoms with Crippen LogP contribution in [0.3, 0.4) is 0 Å². The highest BCUT2D eigenvalue weighted by Gasteiger charge is 2.38. The summed E-state index contributed by atoms with van der Waals surface area (Å²) in [6.45, 7) is 2.01. The third-order valence-corrected chi connectivity index (χ3v) is 6.74. The lowest BCUT2D eigenvalue weighted by molar-refractivity contribution is 0.0600. The van der Waals surface area contributed by atoms with Crippen molar-refractivity contribution in [2.45, 2.75) is 25.6 Å². The minimum atomic E-state index is -0.407. The Morgan fingerprint density at radius 2 is 2.16 bits per heavy atom. The van der Waals surface area contributed by atoms with E-state index in [0.717, 1.165) is 34.5 Å². The molecule has 0 spiro atoms. The van der Waals surface area contributed by atoms with Crippen LogP contribution in [0.5, 0.6) is 5.75 Å². The van der Waals surface area contributed by atoms with Crippen molar-refractivity contribution in [3.8, 4) is 5.75 Å². The molecule has 0 radical (unpaired) electrons. The highest BCUT2D eigenvalue weighted by Crippen LogP contribution is 2.50. The summed E-state index contributed by atoms with van der Waals surface area (Å²) < 4.78 is 27.2. The minimum absolute atomic E-state index is 0.163. The Hall–Kier alpha value is -2.93. The molecule has 0 saturated heterocycles. The molecule has 1 atom stereocenters. The van der Waals surface area contributed by atoms with Crippen molar-refractivity contribution < 1.29 is 18.7 Å². The van der Waals surface area contributed by atoms with Crippen LogP contribution in [0.15, 0.2) is 30.3 Å². The number of nitrogens with one attached hydrogen (secondary N) is 1. The fraction of sp³-hybridized carbons (Fsp3) is 0.348. The molecule has 3 heterocycles. The average molecular weight is 442 g/mol. The highest BCUT2D eigenvalue weighted by molar-refractivity contribution is 6.35. The summed E-state index contributed by atoms with van der Waals surface area (Å²) in [4.78, 5) is 14.4. The summed E-state index contributed by atoms with van der Waals surface area (Å²) >= 11 is 6.42. The Bertz CT molecular complexity index is 1240. The molecule has 1 aliphatic carbocycles. The van der Waals surface area contributed by atoms with Crippen molar-refractivity contribution in [2.24, 2.45) is 5.92 Å². The zero-order chi connectivity index (χ0) is 21.3. The van der Waals surface area contributed by atoms with E-state index in [0.29, 0.717) is 30.4 Å². The Kier molecular flexibility index (Phi) is 4.12. The van der Waals surface area contributed by atoms with Gasteiger partial charge in [0.2, 0.25) is 0 Å². The Balaban J connectivity index is 1.50. The van der Waals surface area contributed by atoms with Crippen LogP contribution in [0.2, 0.25) is 5.02 Å². The molecule has 8 heteroatoms. The molecule has 3 aliphatic rings. The first-order valence-corrected chi connectivity index (χ1v) is 10.8. The number of ether oxygens (including phenoxy) is 2. The Morgan fingerprint density at radius 1 is 1.32 bits per heavy atom. The van der Waals surface area contributed by atoms with Gasteiger partial charge in [0.1, 0.15) is 35.0 Å². The number of benzene rings is 2. The van der Waals surface area contributed by atoms with E-state index in [4.69, 9.17) is 21.1 Å². The number of anilines is 2. The Labute approximate surface area is 183 Å². The topological polar surface area (TPSA) is 55.7 Å². The zero-order valence-electron chi connectivity index (χ0n) is 17.0. The number of methoxy groups -OCH3 is 1. The van der Waals surface area contributed by atoms with Gasteiger partial charge in [-0.25, -0.2) is 9.18 Å². The monoisotopic (exact) mass is 441 g/mol. The maximum atomic E-state index is 14.3. The first kappa shape index (κ1) is 18.8. The van der Waals surface area contributed by atoms with Gasteiger partial charge in [-0.05, 0) is 49.1 Å². The van der Waals surface area contributed by atoms with Gasteiger partial charge in [-0.3, -0.25) is 0 Å². The summed E-state index contributed by atoms with van der Waals surface area (Å²) in [5.41, 5.74) is 3.96. The highest BCUT2D eigenvalue weighted by atomic mass is 35.5. The molecular formula is C23H21ClFN3O3. The second-order valence-corrected chi connectivity index (χ2v) is 8.75. The van der Waals surface area contributed by atoms with E-state index in [1.54, 1.807) is 18.2 Å². The van der Waals surface area contributed by atoms with Crippen molar-refractivity contribution in [1.29, 1.82) is 0 Å². The standard InChI is InChI=1S/C23H21ClFN3O3/c1-30-23(29)14-8-16-21-18(10-14)31-7-6-27(21)22(26-16)17-9-13-4-5-15(25)19(24)20(13)28(17)11-12-2-3-12/h4-5,8-10,12,22,26H,2-3,6-7,11H2,1H3. The second kappa shape index (κ2) is 6.79. The maximum Gasteiger partial charge on any atom is 0.338 e. The third-order valence-electron chi connectivity index (χ3n) is 6.38. The fourth-order valence-electron chi connectivity index (χ4n) is 4.74. The molecule has 6 rings (SSSR count). The molecule has 31 heavy (non-hydrogen) atoms. The van der Waals surface area contributed by atoms with Crippen LogP contribution < -0.4 is 15.0 Å². The van der Waals surface area contributed by atoms with Crippen LogP contribution in [-0.4, -0.2) is 30.8 Å². The molecular weight excluding hydrogens is 421 g/mol. The molecule has 6 nitrogen and oxygen atoms in total. The van der Waals surface area contributed by atoms with Crippen molar-refractivity contribution in [3.05, 3.63) is 52.4 Å². The summed E-state index contributed by atoms with van der Waals surface area (Å²) in [6, 6.07) is 8.82. The number of esters is 1. The van der Waals surface area contributed by atoms with Gasteiger partial charge >= 0.3 is 5.97 Å². The van der Waals surface area contributed by atoms with Crippen molar-refractivity contribution >= 4 is 39.8 Å². The lowest BCUT2D eigenvalue weighted by Crippen LogP contribution is -2.36. The molecule has 1 N–H and O–H groups in total. The predicted molar refractivity (Wildman–Crippen MR) is 117 cm³/mol. The third kappa shape index (κ3) is 2.86. The number of carbonyl (C=O) groups excluding carboxylic acids is 1. The van der Waals surface area contributed by atoms with Crippen molar-refractivity contribution in [1.82, 2.24) is 4.57 Å². The lowest BCUT2D eigenvalue weighted by atomic mass is 10.1. The number of carbonyl (C=O) groups is 1. The number of hydrogen-bond acceptors (Lipinski definition) is 5. The van der Waals surface area contributed by atoms with E-state index in [1.165, 1.54) is 26.0 Å². The van der Waals surface area contributed by atoms with E-state index in [-0.39, 0.29) is 11.2 Å². The van der Waals surface area contributed by atoms with Gasteiger partial charge in [0.15, 0.2) is 0 Å². The van der Waals surface area contributed by atoms with Crippen molar-refractivity contribution in [3.63, 3.8) is 0 Å². The van der Waals surface area contributed by atoms with Crippen LogP contribution in [0.1, 0.15) is 35.1 Å². The second-order valence-electron chi connectivity index (χ2n) is 8.37. The zero-order valence-corrected chi connectivity index (χ0v) is 17.7. The van der Waals surface area contributed by atoms with E-state index >= 15 is 0 Å². The molecule has 0 amide bonds. The molecule has 1 aromatic heterocycles. The minimum Gasteiger partial charge on any atom is -0.489 e. The van der Waals surface area contributed by atoms with Gasteiger partial charge in [0, 0.05) is 11.9 Å². The molecule has 0 bridgehead atoms. The van der Waals surface area contributed by atoms with Gasteiger partial charge in [0.25, 0.3) is 0 Å². The SMILES string of the molecule is COC(=O)c1cc2c3c(c1)OCCN3C(c1cc3ccc(F)c(Cl)c3n1CC1CC1)N2. The maximum absolute atomic E-state index is 14.3. The van der Waals surface area contributed by atoms with E-state index in [2.05, 4.69) is 20.9 Å². The normalized spacial score (nSPS) is 19.2. The number of rotatable bonds is 4. The average Bonchev–Trinajstić information content (AvgIpc) is 3.42. The van der Waals surface area contributed by atoms with Crippen LogP contribution in [0, 0.1) is 11.7 Å². The van der Waals surface area contributed by atoms with E-state index in [9.17, 15) is 9.18 Å². The Morgan fingerprint density at radius 3 is 2.94 bits per heavy atom. The summed E-state index contributed by atoms with van der Waals surface area (Å²) in [6.07, 6.45) is 2.18. The molecule has 1 fully saturated rings. The quantitative estimate of drug-likeness (QED) is 0.580. The molecule has 2 aromatic carbocycles. The van der Waals surface area contributed by atoms with Gasteiger partial charge in [-0.2, -0.15) is 0 Å². The van der Waals surface area contributed by atoms with Gasteiger partial charge < -0.3 is 24.3 Å². The lowest BCUT2D eigenvalue weighted by Gasteiger charge is -2.32. The van der Waals surface area contributed by atoms with E-state index in [1.807, 2.05) is 0 Å². The largest absolute Gasteiger partial charge is 0.489 e. The molecule has 1 unspecified atom stereocenters. The van der Waals surface area contributed by atoms with Crippen LogP contribution in [0.25, 0.3) is 10.9 Å². The van der Waals surface area contributed by atoms with Crippen LogP contribution >= 0.6 is 11.6 Å². The fourth-order valence-corrected chi connectivity index (χ4v) is 5.01. The number of fused-ring (bicyclic) bond motifs is 1. The summed E-state index contributed by atoms with van der Waals surface area (Å²) in [7, 11) is 1.36. The van der Waals surface area contributed by atoms with Gasteiger partial charge in [0.05, 0.1) is 36.1 Å².